The maximum absolute atomic E-state index is 12.7. The second-order valence-corrected chi connectivity index (χ2v) is 7.34. The number of anilines is 1. The molecule has 0 aliphatic heterocycles. The van der Waals surface area contributed by atoms with Crippen molar-refractivity contribution >= 4 is 35.1 Å². The van der Waals surface area contributed by atoms with Crippen LogP contribution >= 0.6 is 23.4 Å². The number of pyridine rings is 1. The molecule has 0 unspecified atom stereocenters. The molecular formula is C18H15ClF3N5OS. The summed E-state index contributed by atoms with van der Waals surface area (Å²) >= 11 is 6.96. The van der Waals surface area contributed by atoms with E-state index in [0.29, 0.717) is 23.7 Å². The maximum atomic E-state index is 12.7. The highest BCUT2D eigenvalue weighted by Crippen LogP contribution is 2.32. The van der Waals surface area contributed by atoms with E-state index in [1.807, 2.05) is 41.8 Å². The lowest BCUT2D eigenvalue weighted by atomic mass is 10.2. The van der Waals surface area contributed by atoms with Gasteiger partial charge in [-0.15, -0.1) is 10.2 Å². The summed E-state index contributed by atoms with van der Waals surface area (Å²) in [5.74, 6) is 0.0545. The molecule has 0 bridgehead atoms. The summed E-state index contributed by atoms with van der Waals surface area (Å²) in [4.78, 5) is 15.8. The first-order valence-corrected chi connectivity index (χ1v) is 9.69. The van der Waals surface area contributed by atoms with E-state index in [9.17, 15) is 18.0 Å². The van der Waals surface area contributed by atoms with E-state index in [-0.39, 0.29) is 16.6 Å². The Labute approximate surface area is 173 Å². The maximum Gasteiger partial charge on any atom is 0.417 e. The fraction of sp³-hybridized carbons (Fsp3) is 0.222. The number of alkyl halides is 3. The highest BCUT2D eigenvalue weighted by atomic mass is 35.5. The minimum absolute atomic E-state index is 0.0358. The summed E-state index contributed by atoms with van der Waals surface area (Å²) in [6.07, 6.45) is -3.94. The van der Waals surface area contributed by atoms with Gasteiger partial charge in [0.1, 0.15) is 5.82 Å². The molecule has 29 heavy (non-hydrogen) atoms. The quantitative estimate of drug-likeness (QED) is 0.573. The highest BCUT2D eigenvalue weighted by molar-refractivity contribution is 7.99. The molecule has 2 heterocycles. The number of amides is 1. The lowest BCUT2D eigenvalue weighted by molar-refractivity contribution is -0.137. The highest BCUT2D eigenvalue weighted by Gasteiger charge is 2.31. The molecule has 1 amide bonds. The molecule has 0 aliphatic rings. The number of benzene rings is 1. The van der Waals surface area contributed by atoms with E-state index in [1.54, 1.807) is 0 Å². The van der Waals surface area contributed by atoms with Crippen molar-refractivity contribution in [3.63, 3.8) is 0 Å². The molecule has 3 rings (SSSR count). The molecule has 0 radical (unpaired) electrons. The zero-order valence-electron chi connectivity index (χ0n) is 15.1. The van der Waals surface area contributed by atoms with Crippen LogP contribution in [0.2, 0.25) is 5.02 Å². The first-order valence-electron chi connectivity index (χ1n) is 8.33. The molecule has 1 N–H and O–H groups in total. The third-order valence-corrected chi connectivity index (χ3v) is 5.10. The number of hydrogen-bond acceptors (Lipinski definition) is 5. The second kappa shape index (κ2) is 8.83. The molecule has 0 atom stereocenters. The Bertz CT molecular complexity index is 1010. The van der Waals surface area contributed by atoms with Crippen LogP contribution in [-0.4, -0.2) is 31.4 Å². The van der Waals surface area contributed by atoms with Gasteiger partial charge in [-0.25, -0.2) is 4.98 Å². The number of nitrogens with zero attached hydrogens (tertiary/aromatic N) is 4. The molecule has 0 saturated heterocycles. The van der Waals surface area contributed by atoms with E-state index >= 15 is 0 Å². The molecule has 1 aromatic carbocycles. The van der Waals surface area contributed by atoms with Gasteiger partial charge in [-0.1, -0.05) is 53.7 Å². The molecule has 0 fully saturated rings. The fourth-order valence-corrected chi connectivity index (χ4v) is 3.40. The largest absolute Gasteiger partial charge is 0.417 e. The van der Waals surface area contributed by atoms with Crippen LogP contribution in [-0.2, 0) is 17.5 Å². The predicted molar refractivity (Wildman–Crippen MR) is 104 cm³/mol. The van der Waals surface area contributed by atoms with Gasteiger partial charge in [-0.2, -0.15) is 13.2 Å². The van der Waals surface area contributed by atoms with E-state index in [0.717, 1.165) is 23.4 Å². The number of rotatable bonds is 6. The molecule has 0 aliphatic carbocycles. The van der Waals surface area contributed by atoms with Gasteiger partial charge in [0.25, 0.3) is 0 Å². The van der Waals surface area contributed by atoms with Gasteiger partial charge < -0.3 is 9.88 Å². The first-order chi connectivity index (χ1) is 13.7. The van der Waals surface area contributed by atoms with Gasteiger partial charge in [0.2, 0.25) is 5.91 Å². The topological polar surface area (TPSA) is 72.7 Å². The Balaban J connectivity index is 1.63. The van der Waals surface area contributed by atoms with Crippen molar-refractivity contribution in [1.82, 2.24) is 19.7 Å². The van der Waals surface area contributed by atoms with Crippen molar-refractivity contribution in [2.75, 3.05) is 11.1 Å². The fourth-order valence-electron chi connectivity index (χ4n) is 2.40. The lowest BCUT2D eigenvalue weighted by Crippen LogP contribution is -2.17. The van der Waals surface area contributed by atoms with Crippen molar-refractivity contribution in [2.24, 2.45) is 0 Å². The van der Waals surface area contributed by atoms with Crippen LogP contribution in [0.3, 0.4) is 0 Å². The Morgan fingerprint density at radius 2 is 1.97 bits per heavy atom. The normalized spacial score (nSPS) is 11.5. The monoisotopic (exact) mass is 441 g/mol. The third-order valence-electron chi connectivity index (χ3n) is 3.84. The van der Waals surface area contributed by atoms with Crippen LogP contribution in [0.25, 0.3) is 0 Å². The number of thioether (sulfide) groups is 1. The first kappa shape index (κ1) is 21.1. The Morgan fingerprint density at radius 3 is 2.62 bits per heavy atom. The second-order valence-electron chi connectivity index (χ2n) is 5.99. The molecule has 152 valence electrons. The van der Waals surface area contributed by atoms with Crippen molar-refractivity contribution in [1.29, 1.82) is 0 Å². The standard InChI is InChI=1S/C18H15ClF3N5OS/c1-11-25-26-17(27(11)9-12-5-3-2-4-6-12)29-10-15(28)24-16-14(19)7-13(8-23-16)18(20,21)22/h2-8H,9-10H2,1H3,(H,23,24,28). The van der Waals surface area contributed by atoms with Gasteiger partial charge in [0, 0.05) is 6.20 Å². The van der Waals surface area contributed by atoms with E-state index in [1.165, 1.54) is 0 Å². The summed E-state index contributed by atoms with van der Waals surface area (Å²) in [5, 5.41) is 10.8. The third kappa shape index (κ3) is 5.48. The predicted octanol–water partition coefficient (Wildman–Crippen LogP) is 4.43. The summed E-state index contributed by atoms with van der Waals surface area (Å²) in [6.45, 7) is 2.36. The molecule has 3 aromatic rings. The number of halogens is 4. The van der Waals surface area contributed by atoms with Gasteiger partial charge in [-0.05, 0) is 18.6 Å². The van der Waals surface area contributed by atoms with Crippen LogP contribution in [0.1, 0.15) is 17.0 Å². The van der Waals surface area contributed by atoms with Crippen LogP contribution in [0.4, 0.5) is 19.0 Å². The van der Waals surface area contributed by atoms with Crippen LogP contribution in [0.15, 0.2) is 47.8 Å². The van der Waals surface area contributed by atoms with Crippen molar-refractivity contribution in [2.45, 2.75) is 24.8 Å². The van der Waals surface area contributed by atoms with Crippen molar-refractivity contribution in [3.05, 3.63) is 64.6 Å². The molecular weight excluding hydrogens is 427 g/mol. The number of carbonyl (C=O) groups excluding carboxylic acids is 1. The molecule has 0 spiro atoms. The minimum Gasteiger partial charge on any atom is -0.309 e. The summed E-state index contributed by atoms with van der Waals surface area (Å²) in [7, 11) is 0. The average Bonchev–Trinajstić information content (AvgIpc) is 3.01. The zero-order chi connectivity index (χ0) is 21.0. The number of aromatic nitrogens is 4. The van der Waals surface area contributed by atoms with Crippen LogP contribution < -0.4 is 5.32 Å². The van der Waals surface area contributed by atoms with Crippen LogP contribution in [0, 0.1) is 6.92 Å². The van der Waals surface area contributed by atoms with Gasteiger partial charge >= 0.3 is 6.18 Å². The van der Waals surface area contributed by atoms with E-state index in [4.69, 9.17) is 11.6 Å². The molecule has 2 aromatic heterocycles. The average molecular weight is 442 g/mol. The number of hydrogen-bond donors (Lipinski definition) is 1. The Hall–Kier alpha value is -2.59. The van der Waals surface area contributed by atoms with Gasteiger partial charge in [-0.3, -0.25) is 4.79 Å². The van der Waals surface area contributed by atoms with E-state index in [2.05, 4.69) is 20.5 Å². The van der Waals surface area contributed by atoms with E-state index < -0.39 is 17.6 Å². The van der Waals surface area contributed by atoms with Crippen molar-refractivity contribution in [3.8, 4) is 0 Å². The summed E-state index contributed by atoms with van der Waals surface area (Å²) in [5.41, 5.74) is 0.0711. The SMILES string of the molecule is Cc1nnc(SCC(=O)Nc2ncc(C(F)(F)F)cc2Cl)n1Cc1ccccc1. The van der Waals surface area contributed by atoms with Gasteiger partial charge in [0.15, 0.2) is 11.0 Å². The number of carbonyl (C=O) groups is 1. The summed E-state index contributed by atoms with van der Waals surface area (Å²) in [6, 6.07) is 10.4. The minimum atomic E-state index is -4.56. The van der Waals surface area contributed by atoms with Crippen LogP contribution in [0.5, 0.6) is 0 Å². The lowest BCUT2D eigenvalue weighted by Gasteiger charge is -2.10. The summed E-state index contributed by atoms with van der Waals surface area (Å²) < 4.78 is 39.9. The number of aryl methyl sites for hydroxylation is 1. The van der Waals surface area contributed by atoms with Crippen molar-refractivity contribution < 1.29 is 18.0 Å². The van der Waals surface area contributed by atoms with Gasteiger partial charge in [0.05, 0.1) is 22.9 Å². The number of nitrogens with one attached hydrogen (secondary N) is 1. The molecule has 6 nitrogen and oxygen atoms in total. The molecule has 0 saturated carbocycles. The molecule has 11 heteroatoms. The smallest absolute Gasteiger partial charge is 0.309 e. The Morgan fingerprint density at radius 1 is 1.24 bits per heavy atom. The zero-order valence-corrected chi connectivity index (χ0v) is 16.6. The Kier molecular flexibility index (Phi) is 6.43.